The van der Waals surface area contributed by atoms with Gasteiger partial charge >= 0.3 is 0 Å². The van der Waals surface area contributed by atoms with Crippen LogP contribution in [0.1, 0.15) is 16.0 Å². The van der Waals surface area contributed by atoms with Crippen LogP contribution in [-0.4, -0.2) is 24.1 Å². The van der Waals surface area contributed by atoms with Crippen molar-refractivity contribution in [3.05, 3.63) is 88.1 Å². The fourth-order valence-corrected chi connectivity index (χ4v) is 3.78. The van der Waals surface area contributed by atoms with Gasteiger partial charge in [0.25, 0.3) is 0 Å². The molecular weight excluding hydrogens is 370 g/mol. The first kappa shape index (κ1) is 18.3. The number of carbonyl (C=O) groups is 1. The number of hydrogen-bond donors (Lipinski definition) is 0. The number of carbonyl (C=O) groups excluding carboxylic acids is 1. The van der Waals surface area contributed by atoms with Gasteiger partial charge in [0.05, 0.1) is 6.54 Å². The van der Waals surface area contributed by atoms with Gasteiger partial charge in [0.15, 0.2) is 11.5 Å². The summed E-state index contributed by atoms with van der Waals surface area (Å²) in [6.07, 6.45) is 4.29. The molecule has 0 N–H and O–H groups in total. The summed E-state index contributed by atoms with van der Waals surface area (Å²) < 4.78 is 10.7. The van der Waals surface area contributed by atoms with E-state index in [1.807, 2.05) is 58.8 Å². The summed E-state index contributed by atoms with van der Waals surface area (Å²) in [4.78, 5) is 16.0. The molecule has 4 nitrogen and oxygen atoms in total. The first-order valence-corrected chi connectivity index (χ1v) is 10.1. The highest BCUT2D eigenvalue weighted by molar-refractivity contribution is 7.09. The lowest BCUT2D eigenvalue weighted by molar-refractivity contribution is -0.126. The van der Waals surface area contributed by atoms with Crippen LogP contribution in [0.2, 0.25) is 0 Å². The summed E-state index contributed by atoms with van der Waals surface area (Å²) in [6, 6.07) is 20.0. The smallest absolute Gasteiger partial charge is 0.246 e. The molecule has 1 aliphatic rings. The largest absolute Gasteiger partial charge is 0.454 e. The lowest BCUT2D eigenvalue weighted by Gasteiger charge is -2.20. The van der Waals surface area contributed by atoms with Gasteiger partial charge in [-0.15, -0.1) is 11.3 Å². The lowest BCUT2D eigenvalue weighted by Crippen LogP contribution is -2.30. The molecule has 2 heterocycles. The fraction of sp³-hybridized carbons (Fsp3) is 0.174. The van der Waals surface area contributed by atoms with Crippen molar-refractivity contribution in [2.75, 3.05) is 13.3 Å². The number of fused-ring (bicyclic) bond motifs is 1. The fourth-order valence-electron chi connectivity index (χ4n) is 3.06. The molecule has 0 saturated carbocycles. The molecule has 5 heteroatoms. The molecule has 0 bridgehead atoms. The van der Waals surface area contributed by atoms with E-state index in [4.69, 9.17) is 9.47 Å². The van der Waals surface area contributed by atoms with Crippen molar-refractivity contribution in [2.45, 2.75) is 13.0 Å². The van der Waals surface area contributed by atoms with Crippen LogP contribution in [0.15, 0.2) is 72.1 Å². The number of ether oxygens (including phenoxy) is 2. The van der Waals surface area contributed by atoms with E-state index in [1.165, 1.54) is 10.4 Å². The van der Waals surface area contributed by atoms with Crippen LogP contribution >= 0.6 is 11.3 Å². The first-order chi connectivity index (χ1) is 13.8. The Morgan fingerprint density at radius 2 is 1.89 bits per heavy atom. The highest BCUT2D eigenvalue weighted by Crippen LogP contribution is 2.32. The summed E-state index contributed by atoms with van der Waals surface area (Å²) in [5.74, 6) is 1.46. The van der Waals surface area contributed by atoms with Crippen molar-refractivity contribution < 1.29 is 14.3 Å². The topological polar surface area (TPSA) is 38.8 Å². The average Bonchev–Trinajstić information content (AvgIpc) is 3.41. The van der Waals surface area contributed by atoms with Crippen LogP contribution in [0.4, 0.5) is 0 Å². The summed E-state index contributed by atoms with van der Waals surface area (Å²) in [7, 11) is 0. The van der Waals surface area contributed by atoms with Crippen LogP contribution in [-0.2, 0) is 17.8 Å². The summed E-state index contributed by atoms with van der Waals surface area (Å²) in [5, 5.41) is 2.04. The van der Waals surface area contributed by atoms with Gasteiger partial charge in [-0.2, -0.15) is 0 Å². The molecule has 142 valence electrons. The van der Waals surface area contributed by atoms with Crippen molar-refractivity contribution in [3.63, 3.8) is 0 Å². The van der Waals surface area contributed by atoms with E-state index in [-0.39, 0.29) is 12.7 Å². The predicted molar refractivity (Wildman–Crippen MR) is 111 cm³/mol. The maximum atomic E-state index is 12.9. The van der Waals surface area contributed by atoms with Gasteiger partial charge in [0, 0.05) is 17.5 Å². The van der Waals surface area contributed by atoms with Crippen molar-refractivity contribution in [3.8, 4) is 11.5 Å². The molecule has 3 aromatic rings. The zero-order chi connectivity index (χ0) is 19.2. The van der Waals surface area contributed by atoms with E-state index in [1.54, 1.807) is 17.4 Å². The van der Waals surface area contributed by atoms with Crippen LogP contribution < -0.4 is 9.47 Å². The Bertz CT molecular complexity index is 951. The molecule has 0 saturated heterocycles. The number of amides is 1. The first-order valence-electron chi connectivity index (χ1n) is 9.21. The number of rotatable bonds is 7. The summed E-state index contributed by atoms with van der Waals surface area (Å²) in [6.45, 7) is 1.54. The van der Waals surface area contributed by atoms with E-state index in [9.17, 15) is 4.79 Å². The molecule has 0 radical (unpaired) electrons. The minimum atomic E-state index is 0.00185. The second-order valence-corrected chi connectivity index (χ2v) is 7.55. The molecule has 1 aromatic heterocycles. The van der Waals surface area contributed by atoms with Crippen LogP contribution in [0, 0.1) is 0 Å². The third kappa shape index (κ3) is 4.61. The van der Waals surface area contributed by atoms with Gasteiger partial charge in [-0.25, -0.2) is 0 Å². The second-order valence-electron chi connectivity index (χ2n) is 6.52. The molecule has 0 aliphatic carbocycles. The Morgan fingerprint density at radius 3 is 2.71 bits per heavy atom. The lowest BCUT2D eigenvalue weighted by atomic mass is 10.1. The molecule has 28 heavy (non-hydrogen) atoms. The van der Waals surface area contributed by atoms with Crippen molar-refractivity contribution in [1.29, 1.82) is 0 Å². The Morgan fingerprint density at radius 1 is 1.04 bits per heavy atom. The zero-order valence-electron chi connectivity index (χ0n) is 15.4. The monoisotopic (exact) mass is 391 g/mol. The number of nitrogens with zero attached hydrogens (tertiary/aromatic N) is 1. The Hall–Kier alpha value is -3.05. The molecule has 4 rings (SSSR count). The third-order valence-corrected chi connectivity index (χ3v) is 5.43. The van der Waals surface area contributed by atoms with Crippen molar-refractivity contribution in [2.24, 2.45) is 0 Å². The molecule has 0 atom stereocenters. The molecule has 2 aromatic carbocycles. The molecule has 0 fully saturated rings. The number of thiophene rings is 1. The van der Waals surface area contributed by atoms with Gasteiger partial charge in [0.1, 0.15) is 0 Å². The average molecular weight is 391 g/mol. The molecule has 0 unspecified atom stereocenters. The van der Waals surface area contributed by atoms with Crippen LogP contribution in [0.5, 0.6) is 11.5 Å². The van der Waals surface area contributed by atoms with Gasteiger partial charge in [-0.05, 0) is 47.2 Å². The molecular formula is C23H21NO3S. The van der Waals surface area contributed by atoms with E-state index in [0.29, 0.717) is 18.8 Å². The van der Waals surface area contributed by atoms with Gasteiger partial charge in [-0.1, -0.05) is 42.5 Å². The minimum absolute atomic E-state index is 0.00185. The Balaban J connectivity index is 1.45. The van der Waals surface area contributed by atoms with Gasteiger partial charge in [-0.3, -0.25) is 4.79 Å². The van der Waals surface area contributed by atoms with Crippen LogP contribution in [0.25, 0.3) is 6.08 Å². The predicted octanol–water partition coefficient (Wildman–Crippen LogP) is 4.76. The zero-order valence-corrected chi connectivity index (χ0v) is 16.2. The normalized spacial score (nSPS) is 12.4. The third-order valence-electron chi connectivity index (χ3n) is 4.57. The standard InChI is InChI=1S/C23H21NO3S/c25-23(11-9-19-8-10-21-22(15-19)27-17-26-21)24(16-20-7-4-14-28-20)13-12-18-5-2-1-3-6-18/h1-11,14-15H,12-13,16-17H2/b11-9+. The van der Waals surface area contributed by atoms with E-state index in [0.717, 1.165) is 17.7 Å². The quantitative estimate of drug-likeness (QED) is 0.545. The van der Waals surface area contributed by atoms with E-state index < -0.39 is 0 Å². The Kier molecular flexibility index (Phi) is 5.73. The van der Waals surface area contributed by atoms with Gasteiger partial charge in [0.2, 0.25) is 12.7 Å². The Labute approximate surface area is 168 Å². The molecule has 1 aliphatic heterocycles. The maximum absolute atomic E-state index is 12.9. The van der Waals surface area contributed by atoms with Crippen molar-refractivity contribution in [1.82, 2.24) is 4.90 Å². The minimum Gasteiger partial charge on any atom is -0.454 e. The van der Waals surface area contributed by atoms with Gasteiger partial charge < -0.3 is 14.4 Å². The molecule has 0 spiro atoms. The summed E-state index contributed by atoms with van der Waals surface area (Å²) >= 11 is 1.67. The molecule has 1 amide bonds. The van der Waals surface area contributed by atoms with E-state index >= 15 is 0 Å². The number of hydrogen-bond acceptors (Lipinski definition) is 4. The summed E-state index contributed by atoms with van der Waals surface area (Å²) in [5.41, 5.74) is 2.14. The highest BCUT2D eigenvalue weighted by Gasteiger charge is 2.14. The van der Waals surface area contributed by atoms with E-state index in [2.05, 4.69) is 18.2 Å². The van der Waals surface area contributed by atoms with Crippen molar-refractivity contribution >= 4 is 23.3 Å². The number of benzene rings is 2. The second kappa shape index (κ2) is 8.76. The van der Waals surface area contributed by atoms with Crippen LogP contribution in [0.3, 0.4) is 0 Å². The highest BCUT2D eigenvalue weighted by atomic mass is 32.1. The maximum Gasteiger partial charge on any atom is 0.246 e. The SMILES string of the molecule is O=C(/C=C/c1ccc2c(c1)OCO2)N(CCc1ccccc1)Cc1cccs1.